The molecule has 2 rings (SSSR count). The highest BCUT2D eigenvalue weighted by Gasteiger charge is 2.19. The average molecular weight is 289 g/mol. The predicted octanol–water partition coefficient (Wildman–Crippen LogP) is 2.81. The Kier molecular flexibility index (Phi) is 5.09. The molecule has 0 radical (unpaired) electrons. The summed E-state index contributed by atoms with van der Waals surface area (Å²) >= 11 is 0. The Morgan fingerprint density at radius 1 is 1.19 bits per heavy atom. The third-order valence-electron chi connectivity index (χ3n) is 3.66. The zero-order valence-electron chi connectivity index (χ0n) is 13.1. The van der Waals surface area contributed by atoms with Crippen molar-refractivity contribution in [2.45, 2.75) is 39.3 Å². The van der Waals surface area contributed by atoms with Crippen LogP contribution in [0.3, 0.4) is 0 Å². The molecule has 0 aliphatic carbocycles. The first-order valence-corrected chi connectivity index (χ1v) is 7.26. The Hall–Kier alpha value is -1.72. The zero-order chi connectivity index (χ0) is 15.4. The summed E-state index contributed by atoms with van der Waals surface area (Å²) in [6, 6.07) is 8.04. The summed E-state index contributed by atoms with van der Waals surface area (Å²) in [4.78, 5) is 2.10. The molecule has 0 saturated heterocycles. The van der Waals surface area contributed by atoms with Gasteiger partial charge in [0.1, 0.15) is 0 Å². The Morgan fingerprint density at radius 2 is 1.86 bits per heavy atom. The number of hydrogen-bond donors (Lipinski definition) is 1. The molecule has 114 valence electrons. The molecule has 0 aliphatic rings. The molecule has 1 aromatic heterocycles. The lowest BCUT2D eigenvalue weighted by molar-refractivity contribution is 0.146. The highest BCUT2D eigenvalue weighted by atomic mass is 16.4. The minimum Gasteiger partial charge on any atom is -0.419 e. The molecule has 1 aromatic carbocycles. The second-order valence-electron chi connectivity index (χ2n) is 5.61. The summed E-state index contributed by atoms with van der Waals surface area (Å²) in [6.07, 6.45) is 0.422. The van der Waals surface area contributed by atoms with Crippen molar-refractivity contribution in [1.82, 2.24) is 15.1 Å². The molecule has 2 aromatic rings. The van der Waals surface area contributed by atoms with E-state index in [0.29, 0.717) is 11.8 Å². The summed E-state index contributed by atoms with van der Waals surface area (Å²) in [5, 5.41) is 17.6. The quantitative estimate of drug-likeness (QED) is 0.886. The Labute approximate surface area is 125 Å². The third-order valence-corrected chi connectivity index (χ3v) is 3.66. The first kappa shape index (κ1) is 15.7. The van der Waals surface area contributed by atoms with Gasteiger partial charge in [0.05, 0.1) is 12.1 Å². The van der Waals surface area contributed by atoms with E-state index >= 15 is 0 Å². The van der Waals surface area contributed by atoms with E-state index in [2.05, 4.69) is 15.1 Å². The molecule has 2 unspecified atom stereocenters. The Balaban J connectivity index is 2.06. The van der Waals surface area contributed by atoms with Crippen molar-refractivity contribution >= 4 is 0 Å². The summed E-state index contributed by atoms with van der Waals surface area (Å²) in [5.74, 6) is 1.14. The number of aromatic nitrogens is 2. The van der Waals surface area contributed by atoms with Crippen molar-refractivity contribution < 1.29 is 9.52 Å². The number of rotatable bonds is 6. The van der Waals surface area contributed by atoms with Crippen molar-refractivity contribution in [2.75, 3.05) is 13.6 Å². The maximum Gasteiger partial charge on any atom is 0.247 e. The van der Waals surface area contributed by atoms with Crippen molar-refractivity contribution in [3.63, 3.8) is 0 Å². The van der Waals surface area contributed by atoms with Gasteiger partial charge in [-0.15, -0.1) is 10.2 Å². The van der Waals surface area contributed by atoms with Gasteiger partial charge in [-0.05, 0) is 46.4 Å². The molecule has 2 atom stereocenters. The first-order chi connectivity index (χ1) is 9.97. The SMILES string of the molecule is Cc1ccc(-c2nnc(C(C)N(C)CCC(C)O)o2)cc1. The number of aliphatic hydroxyl groups is 1. The number of aliphatic hydroxyl groups excluding tert-OH is 1. The number of hydrogen-bond acceptors (Lipinski definition) is 5. The van der Waals surface area contributed by atoms with E-state index in [-0.39, 0.29) is 12.1 Å². The number of nitrogens with zero attached hydrogens (tertiary/aromatic N) is 3. The second kappa shape index (κ2) is 6.83. The largest absolute Gasteiger partial charge is 0.419 e. The van der Waals surface area contributed by atoms with Crippen LogP contribution in [0, 0.1) is 6.92 Å². The molecule has 1 heterocycles. The third kappa shape index (κ3) is 4.12. The van der Waals surface area contributed by atoms with Gasteiger partial charge in [0.15, 0.2) is 0 Å². The summed E-state index contributed by atoms with van der Waals surface area (Å²) < 4.78 is 5.77. The molecule has 21 heavy (non-hydrogen) atoms. The Bertz CT molecular complexity index is 563. The molecule has 0 amide bonds. The van der Waals surface area contributed by atoms with E-state index in [0.717, 1.165) is 18.5 Å². The smallest absolute Gasteiger partial charge is 0.247 e. The van der Waals surface area contributed by atoms with Crippen LogP contribution in [0.1, 0.15) is 37.8 Å². The van der Waals surface area contributed by atoms with E-state index in [1.165, 1.54) is 5.56 Å². The van der Waals surface area contributed by atoms with Crippen LogP contribution >= 0.6 is 0 Å². The van der Waals surface area contributed by atoms with E-state index < -0.39 is 0 Å². The molecule has 0 spiro atoms. The monoisotopic (exact) mass is 289 g/mol. The highest BCUT2D eigenvalue weighted by Crippen LogP contribution is 2.23. The topological polar surface area (TPSA) is 62.4 Å². The molecule has 0 aliphatic heterocycles. The summed E-state index contributed by atoms with van der Waals surface area (Å²) in [6.45, 7) is 6.64. The fourth-order valence-electron chi connectivity index (χ4n) is 1.99. The lowest BCUT2D eigenvalue weighted by Crippen LogP contribution is -2.26. The second-order valence-corrected chi connectivity index (χ2v) is 5.61. The summed E-state index contributed by atoms with van der Waals surface area (Å²) in [5.41, 5.74) is 2.13. The van der Waals surface area contributed by atoms with Crippen molar-refractivity contribution in [1.29, 1.82) is 0 Å². The van der Waals surface area contributed by atoms with Gasteiger partial charge in [0, 0.05) is 12.1 Å². The van der Waals surface area contributed by atoms with Gasteiger partial charge in [-0.25, -0.2) is 0 Å². The van der Waals surface area contributed by atoms with E-state index in [1.807, 2.05) is 45.2 Å². The van der Waals surface area contributed by atoms with Gasteiger partial charge in [0.25, 0.3) is 0 Å². The molecular weight excluding hydrogens is 266 g/mol. The van der Waals surface area contributed by atoms with Crippen LogP contribution in [0.5, 0.6) is 0 Å². The maximum absolute atomic E-state index is 9.35. The van der Waals surface area contributed by atoms with Crippen LogP contribution in [0.4, 0.5) is 0 Å². The van der Waals surface area contributed by atoms with Crippen LogP contribution in [0.15, 0.2) is 28.7 Å². The Morgan fingerprint density at radius 3 is 2.48 bits per heavy atom. The fraction of sp³-hybridized carbons (Fsp3) is 0.500. The van der Waals surface area contributed by atoms with Gasteiger partial charge in [-0.2, -0.15) is 0 Å². The maximum atomic E-state index is 9.35. The number of aryl methyl sites for hydroxylation is 1. The minimum atomic E-state index is -0.301. The standard InChI is InChI=1S/C16H23N3O2/c1-11-5-7-14(8-6-11)16-18-17-15(21-16)13(3)19(4)10-9-12(2)20/h5-8,12-13,20H,9-10H2,1-4H3. The van der Waals surface area contributed by atoms with Crippen molar-refractivity contribution in [3.8, 4) is 11.5 Å². The van der Waals surface area contributed by atoms with E-state index in [1.54, 1.807) is 6.92 Å². The van der Waals surface area contributed by atoms with Gasteiger partial charge < -0.3 is 9.52 Å². The molecule has 0 fully saturated rings. The molecule has 0 bridgehead atoms. The molecule has 5 nitrogen and oxygen atoms in total. The van der Waals surface area contributed by atoms with Crippen molar-refractivity contribution in [2.24, 2.45) is 0 Å². The normalized spacial score (nSPS) is 14.4. The lowest BCUT2D eigenvalue weighted by atomic mass is 10.1. The van der Waals surface area contributed by atoms with Crippen LogP contribution in [0.25, 0.3) is 11.5 Å². The molecule has 0 saturated carbocycles. The average Bonchev–Trinajstić information content (AvgIpc) is 2.94. The van der Waals surface area contributed by atoms with Crippen LogP contribution in [0.2, 0.25) is 0 Å². The van der Waals surface area contributed by atoms with Crippen LogP contribution in [-0.4, -0.2) is 39.9 Å². The lowest BCUT2D eigenvalue weighted by Gasteiger charge is -2.22. The van der Waals surface area contributed by atoms with Crippen molar-refractivity contribution in [3.05, 3.63) is 35.7 Å². The summed E-state index contributed by atoms with van der Waals surface area (Å²) in [7, 11) is 1.99. The fourth-order valence-corrected chi connectivity index (χ4v) is 1.99. The highest BCUT2D eigenvalue weighted by molar-refractivity contribution is 5.52. The minimum absolute atomic E-state index is 0.0236. The van der Waals surface area contributed by atoms with Gasteiger partial charge in [-0.1, -0.05) is 17.7 Å². The predicted molar refractivity (Wildman–Crippen MR) is 81.8 cm³/mol. The van der Waals surface area contributed by atoms with Gasteiger partial charge >= 0.3 is 0 Å². The van der Waals surface area contributed by atoms with Crippen LogP contribution < -0.4 is 0 Å². The van der Waals surface area contributed by atoms with Crippen LogP contribution in [-0.2, 0) is 0 Å². The van der Waals surface area contributed by atoms with Gasteiger partial charge in [-0.3, -0.25) is 4.90 Å². The van der Waals surface area contributed by atoms with E-state index in [9.17, 15) is 5.11 Å². The van der Waals surface area contributed by atoms with Gasteiger partial charge in [0.2, 0.25) is 11.8 Å². The zero-order valence-corrected chi connectivity index (χ0v) is 13.1. The molecule has 5 heteroatoms. The molecular formula is C16H23N3O2. The molecule has 1 N–H and O–H groups in total. The number of benzene rings is 1. The van der Waals surface area contributed by atoms with E-state index in [4.69, 9.17) is 4.42 Å². The first-order valence-electron chi connectivity index (χ1n) is 7.26.